The van der Waals surface area contributed by atoms with Crippen molar-refractivity contribution in [2.24, 2.45) is 0 Å². The number of hydrogen-bond acceptors (Lipinski definition) is 6. The molecule has 1 aliphatic heterocycles. The summed E-state index contributed by atoms with van der Waals surface area (Å²) in [5.41, 5.74) is 2.01. The molecule has 2 aliphatic rings. The third-order valence-electron chi connectivity index (χ3n) is 6.05. The van der Waals surface area contributed by atoms with Crippen molar-refractivity contribution in [2.45, 2.75) is 63.3 Å². The normalized spacial score (nSPS) is 17.6. The highest BCUT2D eigenvalue weighted by atomic mass is 32.2. The molecule has 7 nitrogen and oxygen atoms in total. The fourth-order valence-corrected chi connectivity index (χ4v) is 5.11. The Hall–Kier alpha value is -2.48. The average molecular weight is 417 g/mol. The van der Waals surface area contributed by atoms with Crippen molar-refractivity contribution in [2.75, 3.05) is 16.0 Å². The van der Waals surface area contributed by atoms with Crippen LogP contribution in [0.4, 0.5) is 17.5 Å². The smallest absolute Gasteiger partial charge is 0.239 e. The van der Waals surface area contributed by atoms with E-state index in [1.54, 1.807) is 36.2 Å². The third-order valence-corrected chi connectivity index (χ3v) is 7.78. The molecule has 1 aliphatic carbocycles. The molecule has 0 unspecified atom stereocenters. The van der Waals surface area contributed by atoms with Gasteiger partial charge in [0.15, 0.2) is 9.84 Å². The number of aromatic nitrogens is 2. The second kappa shape index (κ2) is 6.79. The monoisotopic (exact) mass is 416 g/mol. The van der Waals surface area contributed by atoms with Crippen molar-refractivity contribution in [3.8, 4) is 0 Å². The van der Waals surface area contributed by atoms with E-state index in [4.69, 9.17) is 0 Å². The first kappa shape index (κ1) is 19.8. The van der Waals surface area contributed by atoms with Crippen molar-refractivity contribution in [1.29, 1.82) is 0 Å². The highest BCUT2D eigenvalue weighted by molar-refractivity contribution is 7.91. The van der Waals surface area contributed by atoms with Gasteiger partial charge >= 0.3 is 0 Å². The standard InChI is InChI=1S/C21H26N4O3S.H2/c1-5-29(27,28)15-7-8-17(14(4)11-15)23-20-22-12-16-18(24-20)25(13(2)3)19(26)21(16)9-6-10-21;/h7-8,11-13H,5-6,9-10H2,1-4H3,(H,22,23,24);1H. The number of fused-ring (bicyclic) bond motifs is 2. The number of hydrogen-bond donors (Lipinski definition) is 1. The predicted molar refractivity (Wildman–Crippen MR) is 114 cm³/mol. The molecule has 1 fully saturated rings. The number of nitrogens with one attached hydrogen (secondary N) is 1. The molecule has 29 heavy (non-hydrogen) atoms. The molecule has 0 bridgehead atoms. The molecule has 1 aromatic heterocycles. The Bertz CT molecular complexity index is 1100. The first-order chi connectivity index (χ1) is 13.7. The zero-order chi connectivity index (χ0) is 21.0. The lowest BCUT2D eigenvalue weighted by atomic mass is 9.66. The first-order valence-corrected chi connectivity index (χ1v) is 11.7. The molecule has 1 N–H and O–H groups in total. The van der Waals surface area contributed by atoms with Gasteiger partial charge in [0, 0.05) is 24.9 Å². The van der Waals surface area contributed by atoms with Crippen molar-refractivity contribution in [3.63, 3.8) is 0 Å². The summed E-state index contributed by atoms with van der Waals surface area (Å²) >= 11 is 0. The van der Waals surface area contributed by atoms with Crippen LogP contribution in [0.3, 0.4) is 0 Å². The molecular weight excluding hydrogens is 388 g/mol. The number of aryl methyl sites for hydroxylation is 1. The minimum Gasteiger partial charge on any atom is -0.324 e. The summed E-state index contributed by atoms with van der Waals surface area (Å²) in [7, 11) is -3.25. The zero-order valence-electron chi connectivity index (χ0n) is 17.2. The SMILES string of the molecule is CCS(=O)(=O)c1ccc(Nc2ncc3c(n2)N(C(C)C)C(=O)C32CCC2)c(C)c1.[HH]. The van der Waals surface area contributed by atoms with Gasteiger partial charge in [-0.1, -0.05) is 13.3 Å². The molecule has 0 atom stereocenters. The number of benzene rings is 1. The summed E-state index contributed by atoms with van der Waals surface area (Å²) < 4.78 is 24.2. The number of nitrogens with zero attached hydrogens (tertiary/aromatic N) is 3. The maximum atomic E-state index is 13.1. The van der Waals surface area contributed by atoms with Gasteiger partial charge in [-0.25, -0.2) is 13.4 Å². The Morgan fingerprint density at radius 1 is 1.31 bits per heavy atom. The summed E-state index contributed by atoms with van der Waals surface area (Å²) in [5, 5.41) is 3.18. The molecule has 8 heteroatoms. The fraction of sp³-hybridized carbons (Fsp3) is 0.476. The van der Waals surface area contributed by atoms with Crippen molar-refractivity contribution in [1.82, 2.24) is 9.97 Å². The third kappa shape index (κ3) is 3.01. The molecule has 1 amide bonds. The van der Waals surface area contributed by atoms with Crippen LogP contribution >= 0.6 is 0 Å². The van der Waals surface area contributed by atoms with Gasteiger partial charge in [-0.05, 0) is 57.4 Å². The van der Waals surface area contributed by atoms with Gasteiger partial charge in [0.05, 0.1) is 16.1 Å². The van der Waals surface area contributed by atoms with E-state index < -0.39 is 15.3 Å². The second-order valence-corrected chi connectivity index (χ2v) is 10.4. The van der Waals surface area contributed by atoms with E-state index in [-0.39, 0.29) is 19.1 Å². The van der Waals surface area contributed by atoms with Crippen LogP contribution in [0.2, 0.25) is 0 Å². The number of sulfone groups is 1. The van der Waals surface area contributed by atoms with Gasteiger partial charge in [0.1, 0.15) is 5.82 Å². The van der Waals surface area contributed by atoms with Crippen molar-refractivity contribution >= 4 is 33.2 Å². The van der Waals surface area contributed by atoms with E-state index in [1.807, 2.05) is 20.8 Å². The minimum absolute atomic E-state index is 0. The molecule has 1 spiro atoms. The van der Waals surface area contributed by atoms with Gasteiger partial charge in [0.2, 0.25) is 11.9 Å². The minimum atomic E-state index is -3.25. The Labute approximate surface area is 173 Å². The average Bonchev–Trinajstić information content (AvgIpc) is 2.91. The van der Waals surface area contributed by atoms with Crippen molar-refractivity contribution < 1.29 is 14.6 Å². The summed E-state index contributed by atoms with van der Waals surface area (Å²) in [4.78, 5) is 24.3. The van der Waals surface area contributed by atoms with Gasteiger partial charge in [-0.2, -0.15) is 4.98 Å². The van der Waals surface area contributed by atoms with E-state index in [2.05, 4.69) is 15.3 Å². The van der Waals surface area contributed by atoms with E-state index in [1.165, 1.54) is 0 Å². The Kier molecular flexibility index (Phi) is 4.64. The number of amides is 1. The number of carbonyl (C=O) groups is 1. The molecule has 2 heterocycles. The Balaban J connectivity index is 0.00000256. The van der Waals surface area contributed by atoms with Crippen LogP contribution in [0.25, 0.3) is 0 Å². The quantitative estimate of drug-likeness (QED) is 0.798. The van der Waals surface area contributed by atoms with Crippen LogP contribution in [0, 0.1) is 6.92 Å². The van der Waals surface area contributed by atoms with Crippen molar-refractivity contribution in [3.05, 3.63) is 35.5 Å². The molecule has 156 valence electrons. The first-order valence-electron chi connectivity index (χ1n) is 10.0. The van der Waals surface area contributed by atoms with E-state index in [9.17, 15) is 13.2 Å². The van der Waals surface area contributed by atoms with Crippen LogP contribution in [0.5, 0.6) is 0 Å². The molecule has 0 radical (unpaired) electrons. The maximum Gasteiger partial charge on any atom is 0.239 e. The topological polar surface area (TPSA) is 92.3 Å². The summed E-state index contributed by atoms with van der Waals surface area (Å²) in [6, 6.07) is 4.99. The fourth-order valence-electron chi connectivity index (χ4n) is 4.15. The van der Waals surface area contributed by atoms with Gasteiger partial charge < -0.3 is 5.32 Å². The predicted octanol–water partition coefficient (Wildman–Crippen LogP) is 3.74. The Morgan fingerprint density at radius 2 is 2.03 bits per heavy atom. The molecule has 0 saturated heterocycles. The lowest BCUT2D eigenvalue weighted by molar-refractivity contribution is -0.126. The second-order valence-electron chi connectivity index (χ2n) is 8.14. The number of carbonyl (C=O) groups excluding carboxylic acids is 1. The highest BCUT2D eigenvalue weighted by Crippen LogP contribution is 2.53. The molecule has 2 aromatic rings. The van der Waals surface area contributed by atoms with Gasteiger partial charge in [-0.15, -0.1) is 0 Å². The summed E-state index contributed by atoms with van der Waals surface area (Å²) in [6.07, 6.45) is 4.52. The van der Waals surface area contributed by atoms with Crippen LogP contribution in [-0.2, 0) is 20.0 Å². The maximum absolute atomic E-state index is 13.1. The van der Waals surface area contributed by atoms with Crippen LogP contribution in [0.1, 0.15) is 52.6 Å². The zero-order valence-corrected chi connectivity index (χ0v) is 18.0. The highest BCUT2D eigenvalue weighted by Gasteiger charge is 2.56. The number of anilines is 3. The molecule has 1 saturated carbocycles. The van der Waals surface area contributed by atoms with Crippen LogP contribution < -0.4 is 10.2 Å². The summed E-state index contributed by atoms with van der Waals surface area (Å²) in [5.74, 6) is 1.27. The van der Waals surface area contributed by atoms with Gasteiger partial charge in [-0.3, -0.25) is 9.69 Å². The van der Waals surface area contributed by atoms with Crippen LogP contribution in [0.15, 0.2) is 29.3 Å². The largest absolute Gasteiger partial charge is 0.324 e. The van der Waals surface area contributed by atoms with Gasteiger partial charge in [0.25, 0.3) is 0 Å². The molecular formula is C21H28N4O3S. The van der Waals surface area contributed by atoms with E-state index in [0.717, 1.165) is 36.1 Å². The Morgan fingerprint density at radius 3 is 2.59 bits per heavy atom. The van der Waals surface area contributed by atoms with Crippen LogP contribution in [-0.4, -0.2) is 36.1 Å². The summed E-state index contributed by atoms with van der Waals surface area (Å²) in [6.45, 7) is 7.46. The lowest BCUT2D eigenvalue weighted by Crippen LogP contribution is -2.47. The molecule has 1 aromatic carbocycles. The van der Waals surface area contributed by atoms with E-state index in [0.29, 0.717) is 16.7 Å². The van der Waals surface area contributed by atoms with E-state index >= 15 is 0 Å². The number of rotatable bonds is 5. The molecule has 4 rings (SSSR count). The lowest BCUT2D eigenvalue weighted by Gasteiger charge is -2.37.